The molecule has 0 aliphatic heterocycles. The van der Waals surface area contributed by atoms with Gasteiger partial charge < -0.3 is 14.4 Å². The highest BCUT2D eigenvalue weighted by atomic mass is 32.1. The highest BCUT2D eigenvalue weighted by Gasteiger charge is 2.16. The molecule has 0 aliphatic rings. The number of aromatic nitrogens is 2. The molecule has 1 N–H and O–H groups in total. The van der Waals surface area contributed by atoms with E-state index in [2.05, 4.69) is 10.1 Å². The van der Waals surface area contributed by atoms with Crippen molar-refractivity contribution >= 4 is 17.3 Å². The fourth-order valence-electron chi connectivity index (χ4n) is 1.84. The van der Waals surface area contributed by atoms with Crippen LogP contribution >= 0.6 is 11.3 Å². The monoisotopic (exact) mass is 302 g/mol. The lowest BCUT2D eigenvalue weighted by molar-refractivity contribution is 0.0697. The van der Waals surface area contributed by atoms with E-state index in [4.69, 9.17) is 14.4 Å². The molecule has 106 valence electrons. The van der Waals surface area contributed by atoms with Gasteiger partial charge in [-0.05, 0) is 23.6 Å². The number of hydrogen-bond acceptors (Lipinski definition) is 6. The summed E-state index contributed by atoms with van der Waals surface area (Å²) in [4.78, 5) is 16.0. The van der Waals surface area contributed by atoms with E-state index in [1.807, 2.05) is 11.4 Å². The summed E-state index contributed by atoms with van der Waals surface area (Å²) in [5, 5.41) is 14.8. The summed E-state index contributed by atoms with van der Waals surface area (Å²) >= 11 is 1.43. The zero-order chi connectivity index (χ0) is 14.8. The molecule has 0 spiro atoms. The van der Waals surface area contributed by atoms with Crippen LogP contribution in [0.2, 0.25) is 0 Å². The Hall–Kier alpha value is -2.67. The van der Waals surface area contributed by atoms with Crippen molar-refractivity contribution in [2.24, 2.45) is 0 Å². The molecule has 3 rings (SSSR count). The van der Waals surface area contributed by atoms with Crippen LogP contribution in [0.4, 0.5) is 0 Å². The first-order valence-electron chi connectivity index (χ1n) is 5.98. The molecular formula is C14H10N2O4S. The molecule has 3 aromatic rings. The Balaban J connectivity index is 1.99. The fourth-order valence-corrected chi connectivity index (χ4v) is 2.62. The van der Waals surface area contributed by atoms with Crippen molar-refractivity contribution in [3.63, 3.8) is 0 Å². The molecule has 0 aliphatic carbocycles. The molecule has 2 heterocycles. The van der Waals surface area contributed by atoms with Crippen molar-refractivity contribution < 1.29 is 19.2 Å². The lowest BCUT2D eigenvalue weighted by Gasteiger charge is -1.97. The molecule has 0 unspecified atom stereocenters. The number of rotatable bonds is 4. The van der Waals surface area contributed by atoms with Crippen LogP contribution in [0.25, 0.3) is 22.2 Å². The molecule has 0 atom stereocenters. The molecule has 2 aromatic heterocycles. The maximum atomic E-state index is 11.0. The second-order valence-corrected chi connectivity index (χ2v) is 5.04. The molecule has 0 amide bonds. The third-order valence-electron chi connectivity index (χ3n) is 2.84. The second kappa shape index (κ2) is 5.37. The lowest BCUT2D eigenvalue weighted by atomic mass is 10.1. The summed E-state index contributed by atoms with van der Waals surface area (Å²) in [5.41, 5.74) is 0.757. The quantitative estimate of drug-likeness (QED) is 0.796. The third kappa shape index (κ3) is 2.50. The van der Waals surface area contributed by atoms with Crippen LogP contribution in [0.1, 0.15) is 10.4 Å². The van der Waals surface area contributed by atoms with Gasteiger partial charge in [0.2, 0.25) is 5.82 Å². The number of carboxylic acid groups (broad SMARTS) is 1. The molecule has 1 aromatic carbocycles. The van der Waals surface area contributed by atoms with Gasteiger partial charge in [-0.15, -0.1) is 11.3 Å². The van der Waals surface area contributed by atoms with Gasteiger partial charge in [-0.1, -0.05) is 17.3 Å². The van der Waals surface area contributed by atoms with E-state index in [1.54, 1.807) is 19.2 Å². The number of aromatic carboxylic acids is 1. The van der Waals surface area contributed by atoms with E-state index in [0.717, 1.165) is 4.88 Å². The van der Waals surface area contributed by atoms with Gasteiger partial charge in [0.1, 0.15) is 10.6 Å². The second-order valence-electron chi connectivity index (χ2n) is 4.13. The molecular weight excluding hydrogens is 292 g/mol. The lowest BCUT2D eigenvalue weighted by Crippen LogP contribution is -1.96. The van der Waals surface area contributed by atoms with Crippen LogP contribution < -0.4 is 4.74 Å². The number of thiophene rings is 1. The van der Waals surface area contributed by atoms with Gasteiger partial charge in [0.15, 0.2) is 0 Å². The van der Waals surface area contributed by atoms with Crippen LogP contribution in [0, 0.1) is 0 Å². The number of nitrogens with zero attached hydrogens (tertiary/aromatic N) is 2. The van der Waals surface area contributed by atoms with Gasteiger partial charge in [-0.3, -0.25) is 0 Å². The topological polar surface area (TPSA) is 85.5 Å². The Morgan fingerprint density at radius 3 is 3.00 bits per heavy atom. The number of carboxylic acids is 1. The van der Waals surface area contributed by atoms with Gasteiger partial charge in [0, 0.05) is 5.56 Å². The normalized spacial score (nSPS) is 10.5. The van der Waals surface area contributed by atoms with E-state index < -0.39 is 5.97 Å². The van der Waals surface area contributed by atoms with E-state index in [1.165, 1.54) is 23.5 Å². The average Bonchev–Trinajstić information content (AvgIpc) is 3.15. The Morgan fingerprint density at radius 2 is 2.24 bits per heavy atom. The van der Waals surface area contributed by atoms with Crippen molar-refractivity contribution in [3.05, 3.63) is 41.3 Å². The van der Waals surface area contributed by atoms with E-state index in [-0.39, 0.29) is 5.56 Å². The van der Waals surface area contributed by atoms with Gasteiger partial charge >= 0.3 is 5.97 Å². The third-order valence-corrected chi connectivity index (χ3v) is 3.72. The minimum absolute atomic E-state index is 0.174. The first-order chi connectivity index (χ1) is 10.2. The van der Waals surface area contributed by atoms with Crippen LogP contribution in [-0.4, -0.2) is 28.3 Å². The van der Waals surface area contributed by atoms with Gasteiger partial charge in [-0.25, -0.2) is 4.79 Å². The smallest absolute Gasteiger partial charge is 0.335 e. The first-order valence-corrected chi connectivity index (χ1v) is 6.86. The van der Waals surface area contributed by atoms with E-state index in [9.17, 15) is 4.79 Å². The summed E-state index contributed by atoms with van der Waals surface area (Å²) in [6.45, 7) is 0. The molecule has 21 heavy (non-hydrogen) atoms. The Morgan fingerprint density at radius 1 is 1.38 bits per heavy atom. The zero-order valence-corrected chi connectivity index (χ0v) is 11.8. The van der Waals surface area contributed by atoms with E-state index >= 15 is 0 Å². The zero-order valence-electron chi connectivity index (χ0n) is 10.9. The van der Waals surface area contributed by atoms with E-state index in [0.29, 0.717) is 23.0 Å². The SMILES string of the molecule is COc1ccsc1-c1nc(-c2cccc(C(=O)O)c2)no1. The predicted molar refractivity (Wildman–Crippen MR) is 76.6 cm³/mol. The highest BCUT2D eigenvalue weighted by molar-refractivity contribution is 7.13. The van der Waals surface area contributed by atoms with Crippen molar-refractivity contribution in [2.75, 3.05) is 7.11 Å². The summed E-state index contributed by atoms with van der Waals surface area (Å²) in [6, 6.07) is 8.19. The minimum Gasteiger partial charge on any atom is -0.495 e. The fraction of sp³-hybridized carbons (Fsp3) is 0.0714. The minimum atomic E-state index is -1.000. The van der Waals surface area contributed by atoms with Crippen molar-refractivity contribution in [1.29, 1.82) is 0 Å². The van der Waals surface area contributed by atoms with Gasteiger partial charge in [-0.2, -0.15) is 4.98 Å². The maximum Gasteiger partial charge on any atom is 0.335 e. The number of carbonyl (C=O) groups is 1. The average molecular weight is 302 g/mol. The molecule has 0 saturated carbocycles. The molecule has 0 bridgehead atoms. The van der Waals surface area contributed by atoms with Crippen LogP contribution in [0.3, 0.4) is 0 Å². The molecule has 0 saturated heterocycles. The molecule has 6 nitrogen and oxygen atoms in total. The Bertz CT molecular complexity index is 794. The molecule has 0 fully saturated rings. The van der Waals surface area contributed by atoms with Gasteiger partial charge in [0.25, 0.3) is 5.89 Å². The summed E-state index contributed by atoms with van der Waals surface area (Å²) in [7, 11) is 1.57. The number of ether oxygens (including phenoxy) is 1. The van der Waals surface area contributed by atoms with Crippen LogP contribution in [0.5, 0.6) is 5.75 Å². The number of benzene rings is 1. The standard InChI is InChI=1S/C14H10N2O4S/c1-19-10-5-6-21-11(10)13-15-12(16-20-13)8-3-2-4-9(7-8)14(17)18/h2-7H,1H3,(H,17,18). The van der Waals surface area contributed by atoms with Crippen molar-refractivity contribution in [2.45, 2.75) is 0 Å². The highest BCUT2D eigenvalue weighted by Crippen LogP contribution is 2.35. The first kappa shape index (κ1) is 13.3. The maximum absolute atomic E-state index is 11.0. The van der Waals surface area contributed by atoms with Crippen LogP contribution in [-0.2, 0) is 0 Å². The summed E-state index contributed by atoms with van der Waals surface area (Å²) in [5.74, 6) is 0.344. The largest absolute Gasteiger partial charge is 0.495 e. The Labute approximate surface area is 123 Å². The van der Waals surface area contributed by atoms with Crippen molar-refractivity contribution in [1.82, 2.24) is 10.1 Å². The van der Waals surface area contributed by atoms with Crippen molar-refractivity contribution in [3.8, 4) is 27.9 Å². The molecule has 7 heteroatoms. The van der Waals surface area contributed by atoms with Crippen LogP contribution in [0.15, 0.2) is 40.2 Å². The Kier molecular flexibility index (Phi) is 3.41. The number of methoxy groups -OCH3 is 1. The molecule has 0 radical (unpaired) electrons. The number of hydrogen-bond donors (Lipinski definition) is 1. The predicted octanol–water partition coefficient (Wildman–Crippen LogP) is 3.17. The summed E-state index contributed by atoms with van der Waals surface area (Å²) in [6.07, 6.45) is 0. The summed E-state index contributed by atoms with van der Waals surface area (Å²) < 4.78 is 10.4. The van der Waals surface area contributed by atoms with Gasteiger partial charge in [0.05, 0.1) is 12.7 Å².